The first-order chi connectivity index (χ1) is 9.72. The largest absolute Gasteiger partial charge is 0.439 e. The molecule has 0 aliphatic heterocycles. The zero-order valence-electron chi connectivity index (χ0n) is 11.7. The summed E-state index contributed by atoms with van der Waals surface area (Å²) in [6, 6.07) is 9.95. The maximum absolute atomic E-state index is 9.93. The van der Waals surface area contributed by atoms with Crippen LogP contribution in [0.15, 0.2) is 40.9 Å². The monoisotopic (exact) mass is 272 g/mol. The highest BCUT2D eigenvalue weighted by molar-refractivity contribution is 5.55. The Labute approximate surface area is 119 Å². The van der Waals surface area contributed by atoms with Crippen LogP contribution in [0.1, 0.15) is 18.7 Å². The van der Waals surface area contributed by atoms with E-state index in [4.69, 9.17) is 4.42 Å². The standard InChI is InChI=1S/C16H20N2O2/c1-18(10-14(19)12-7-8-12)11-16-17-9-15(20-16)13-5-3-2-4-6-13/h2-6,9,12,14,19H,7-8,10-11H2,1H3. The van der Waals surface area contributed by atoms with Crippen molar-refractivity contribution >= 4 is 0 Å². The minimum Gasteiger partial charge on any atom is -0.439 e. The normalized spacial score (nSPS) is 16.6. The molecule has 1 atom stereocenters. The van der Waals surface area contributed by atoms with Gasteiger partial charge in [-0.25, -0.2) is 4.98 Å². The second-order valence-corrected chi connectivity index (χ2v) is 5.59. The Bertz CT molecular complexity index is 549. The van der Waals surface area contributed by atoms with Crippen LogP contribution < -0.4 is 0 Å². The Balaban J connectivity index is 1.59. The molecule has 1 N–H and O–H groups in total. The number of rotatable bonds is 6. The molecule has 1 heterocycles. The third-order valence-electron chi connectivity index (χ3n) is 3.68. The van der Waals surface area contributed by atoms with Gasteiger partial charge in [0.05, 0.1) is 18.8 Å². The molecule has 0 amide bonds. The fourth-order valence-corrected chi connectivity index (χ4v) is 2.36. The molecule has 0 radical (unpaired) electrons. The van der Waals surface area contributed by atoms with Crippen molar-refractivity contribution in [2.24, 2.45) is 5.92 Å². The Morgan fingerprint density at radius 3 is 2.80 bits per heavy atom. The average Bonchev–Trinajstić information content (AvgIpc) is 3.21. The Hall–Kier alpha value is -1.65. The summed E-state index contributed by atoms with van der Waals surface area (Å²) < 4.78 is 5.76. The van der Waals surface area contributed by atoms with Crippen molar-refractivity contribution in [2.75, 3.05) is 13.6 Å². The van der Waals surface area contributed by atoms with Gasteiger partial charge in [0.25, 0.3) is 0 Å². The van der Waals surface area contributed by atoms with Gasteiger partial charge in [-0.05, 0) is 25.8 Å². The molecule has 0 spiro atoms. The van der Waals surface area contributed by atoms with Gasteiger partial charge in [-0.15, -0.1) is 0 Å². The zero-order valence-corrected chi connectivity index (χ0v) is 11.7. The molecule has 0 bridgehead atoms. The van der Waals surface area contributed by atoms with Crippen LogP contribution in [-0.2, 0) is 6.54 Å². The van der Waals surface area contributed by atoms with E-state index < -0.39 is 0 Å². The number of aliphatic hydroxyl groups excluding tert-OH is 1. The Kier molecular flexibility index (Phi) is 3.85. The average molecular weight is 272 g/mol. The minimum atomic E-state index is -0.219. The summed E-state index contributed by atoms with van der Waals surface area (Å²) >= 11 is 0. The highest BCUT2D eigenvalue weighted by atomic mass is 16.4. The Morgan fingerprint density at radius 1 is 1.35 bits per heavy atom. The maximum Gasteiger partial charge on any atom is 0.209 e. The van der Waals surface area contributed by atoms with Crippen molar-refractivity contribution in [3.63, 3.8) is 0 Å². The Morgan fingerprint density at radius 2 is 2.10 bits per heavy atom. The number of aromatic nitrogens is 1. The van der Waals surface area contributed by atoms with Gasteiger partial charge in [-0.3, -0.25) is 4.90 Å². The van der Waals surface area contributed by atoms with Crippen LogP contribution >= 0.6 is 0 Å². The number of hydrogen-bond donors (Lipinski definition) is 1. The van der Waals surface area contributed by atoms with Gasteiger partial charge in [0.1, 0.15) is 0 Å². The predicted octanol–water partition coefficient (Wildman–Crippen LogP) is 2.54. The molecular formula is C16H20N2O2. The number of aliphatic hydroxyl groups is 1. The lowest BCUT2D eigenvalue weighted by molar-refractivity contribution is 0.100. The van der Waals surface area contributed by atoms with E-state index >= 15 is 0 Å². The van der Waals surface area contributed by atoms with Crippen LogP contribution in [0.25, 0.3) is 11.3 Å². The van der Waals surface area contributed by atoms with Crippen LogP contribution in [0.2, 0.25) is 0 Å². The number of likely N-dealkylation sites (N-methyl/N-ethyl adjacent to an activating group) is 1. The minimum absolute atomic E-state index is 0.219. The molecule has 1 aromatic heterocycles. The van der Waals surface area contributed by atoms with Crippen molar-refractivity contribution in [3.05, 3.63) is 42.4 Å². The highest BCUT2D eigenvalue weighted by Crippen LogP contribution is 2.32. The molecule has 1 aromatic carbocycles. The van der Waals surface area contributed by atoms with E-state index in [-0.39, 0.29) is 6.10 Å². The van der Waals surface area contributed by atoms with E-state index in [2.05, 4.69) is 9.88 Å². The van der Waals surface area contributed by atoms with Gasteiger partial charge in [-0.1, -0.05) is 30.3 Å². The summed E-state index contributed by atoms with van der Waals surface area (Å²) in [5.41, 5.74) is 1.03. The molecule has 1 fully saturated rings. The summed E-state index contributed by atoms with van der Waals surface area (Å²) in [7, 11) is 1.98. The lowest BCUT2D eigenvalue weighted by atomic mass is 10.2. The van der Waals surface area contributed by atoms with Gasteiger partial charge < -0.3 is 9.52 Å². The number of hydrogen-bond acceptors (Lipinski definition) is 4. The van der Waals surface area contributed by atoms with E-state index in [1.807, 2.05) is 37.4 Å². The van der Waals surface area contributed by atoms with Gasteiger partial charge in [0.15, 0.2) is 5.76 Å². The fraction of sp³-hybridized carbons (Fsp3) is 0.438. The number of oxazole rings is 1. The third-order valence-corrected chi connectivity index (χ3v) is 3.68. The van der Waals surface area contributed by atoms with E-state index in [0.29, 0.717) is 24.9 Å². The number of benzene rings is 1. The van der Waals surface area contributed by atoms with Crippen molar-refractivity contribution < 1.29 is 9.52 Å². The molecule has 106 valence electrons. The number of nitrogens with zero attached hydrogens (tertiary/aromatic N) is 2. The molecule has 2 aromatic rings. The molecule has 4 heteroatoms. The summed E-state index contributed by atoms with van der Waals surface area (Å²) in [5, 5.41) is 9.93. The molecule has 1 aliphatic carbocycles. The van der Waals surface area contributed by atoms with Crippen LogP contribution in [0.3, 0.4) is 0 Å². The first kappa shape index (κ1) is 13.3. The molecule has 1 unspecified atom stereocenters. The molecular weight excluding hydrogens is 252 g/mol. The van der Waals surface area contributed by atoms with Gasteiger partial charge in [0, 0.05) is 12.1 Å². The smallest absolute Gasteiger partial charge is 0.209 e. The third kappa shape index (κ3) is 3.26. The zero-order chi connectivity index (χ0) is 13.9. The topological polar surface area (TPSA) is 49.5 Å². The maximum atomic E-state index is 9.93. The quantitative estimate of drug-likeness (QED) is 0.878. The van der Waals surface area contributed by atoms with Crippen LogP contribution in [0, 0.1) is 5.92 Å². The summed E-state index contributed by atoms with van der Waals surface area (Å²) in [6.45, 7) is 1.30. The molecule has 3 rings (SSSR count). The molecule has 1 saturated carbocycles. The summed E-state index contributed by atoms with van der Waals surface area (Å²) in [5.74, 6) is 1.98. The highest BCUT2D eigenvalue weighted by Gasteiger charge is 2.30. The van der Waals surface area contributed by atoms with Gasteiger partial charge in [-0.2, -0.15) is 0 Å². The lowest BCUT2D eigenvalue weighted by Gasteiger charge is -2.18. The van der Waals surface area contributed by atoms with Crippen LogP contribution in [0.5, 0.6) is 0 Å². The summed E-state index contributed by atoms with van der Waals surface area (Å²) in [4.78, 5) is 6.37. The van der Waals surface area contributed by atoms with Crippen LogP contribution in [-0.4, -0.2) is 34.7 Å². The SMILES string of the molecule is CN(Cc1ncc(-c2ccccc2)o1)CC(O)C1CC1. The van der Waals surface area contributed by atoms with E-state index in [0.717, 1.165) is 24.2 Å². The second kappa shape index (κ2) is 5.77. The lowest BCUT2D eigenvalue weighted by Crippen LogP contribution is -2.30. The van der Waals surface area contributed by atoms with Crippen molar-refractivity contribution in [1.29, 1.82) is 0 Å². The molecule has 20 heavy (non-hydrogen) atoms. The fourth-order valence-electron chi connectivity index (χ4n) is 2.36. The van der Waals surface area contributed by atoms with Crippen molar-refractivity contribution in [1.82, 2.24) is 9.88 Å². The molecule has 4 nitrogen and oxygen atoms in total. The first-order valence-corrected chi connectivity index (χ1v) is 7.09. The first-order valence-electron chi connectivity index (χ1n) is 7.09. The van der Waals surface area contributed by atoms with Gasteiger partial charge >= 0.3 is 0 Å². The predicted molar refractivity (Wildman–Crippen MR) is 77.0 cm³/mol. The second-order valence-electron chi connectivity index (χ2n) is 5.59. The van der Waals surface area contributed by atoms with E-state index in [1.165, 1.54) is 0 Å². The van der Waals surface area contributed by atoms with E-state index in [9.17, 15) is 5.11 Å². The van der Waals surface area contributed by atoms with Crippen LogP contribution in [0.4, 0.5) is 0 Å². The van der Waals surface area contributed by atoms with Gasteiger partial charge in [0.2, 0.25) is 5.89 Å². The van der Waals surface area contributed by atoms with Crippen molar-refractivity contribution in [3.8, 4) is 11.3 Å². The molecule has 0 saturated heterocycles. The summed E-state index contributed by atoms with van der Waals surface area (Å²) in [6.07, 6.45) is 3.86. The molecule has 1 aliphatic rings. The van der Waals surface area contributed by atoms with E-state index in [1.54, 1.807) is 6.20 Å². The van der Waals surface area contributed by atoms with Crippen molar-refractivity contribution in [2.45, 2.75) is 25.5 Å².